The Hall–Kier alpha value is -3.10. The van der Waals surface area contributed by atoms with Crippen LogP contribution < -0.4 is 9.80 Å². The first kappa shape index (κ1) is 25.5. The van der Waals surface area contributed by atoms with Gasteiger partial charge in [0.1, 0.15) is 17.0 Å². The molecule has 0 spiro atoms. The van der Waals surface area contributed by atoms with Gasteiger partial charge in [-0.05, 0) is 62.9 Å². The van der Waals surface area contributed by atoms with Crippen molar-refractivity contribution < 1.29 is 13.9 Å². The highest BCUT2D eigenvalue weighted by Crippen LogP contribution is 2.39. The first-order chi connectivity index (χ1) is 17.6. The predicted molar refractivity (Wildman–Crippen MR) is 146 cm³/mol. The van der Waals surface area contributed by atoms with Crippen LogP contribution in [0.2, 0.25) is 0 Å². The maximum absolute atomic E-state index is 12.9. The van der Waals surface area contributed by atoms with Crippen molar-refractivity contribution in [3.63, 3.8) is 0 Å². The van der Waals surface area contributed by atoms with Gasteiger partial charge in [0.05, 0.1) is 35.7 Å². The fourth-order valence-electron chi connectivity index (χ4n) is 4.87. The number of carbonyl (C=O) groups excluding carboxylic acids is 1. The second-order valence-corrected chi connectivity index (χ2v) is 11.8. The Labute approximate surface area is 224 Å². The molecular formula is C26H32BrN7O3. The van der Waals surface area contributed by atoms with E-state index in [2.05, 4.69) is 50.8 Å². The summed E-state index contributed by atoms with van der Waals surface area (Å²) in [7, 11) is 4.16. The standard InChI is InChI=1S/C26H32BrN7O3/c1-26(2,3)37-25(35)34-10-9-32(13-16(34)6-8-28)23-21-20(12-19(27)18-7-11-36-22(18)21)29-24(30-23)33-14-17(15-33)31(4)5/h7,11-12,16-17H,6,9-10,13-15H2,1-5H3/t16-/m0/s1. The first-order valence-corrected chi connectivity index (χ1v) is 13.3. The number of amides is 1. The number of ether oxygens (including phenoxy) is 1. The molecule has 1 amide bonds. The average Bonchev–Trinajstić information content (AvgIpc) is 3.27. The fourth-order valence-corrected chi connectivity index (χ4v) is 5.40. The summed E-state index contributed by atoms with van der Waals surface area (Å²) in [5, 5.41) is 11.3. The second kappa shape index (κ2) is 9.65. The van der Waals surface area contributed by atoms with Crippen LogP contribution in [-0.2, 0) is 4.74 Å². The van der Waals surface area contributed by atoms with E-state index in [-0.39, 0.29) is 12.5 Å². The van der Waals surface area contributed by atoms with Gasteiger partial charge >= 0.3 is 6.09 Å². The van der Waals surface area contributed by atoms with Crippen molar-refractivity contribution in [1.29, 1.82) is 5.26 Å². The lowest BCUT2D eigenvalue weighted by Crippen LogP contribution is -2.58. The molecule has 2 aromatic heterocycles. The number of carbonyl (C=O) groups is 1. The number of anilines is 2. The van der Waals surface area contributed by atoms with Crippen molar-refractivity contribution in [2.45, 2.75) is 44.9 Å². The van der Waals surface area contributed by atoms with E-state index in [1.807, 2.05) is 32.9 Å². The third-order valence-corrected chi connectivity index (χ3v) is 7.59. The van der Waals surface area contributed by atoms with Gasteiger partial charge in [-0.1, -0.05) is 0 Å². The van der Waals surface area contributed by atoms with Crippen molar-refractivity contribution in [3.8, 4) is 6.07 Å². The molecule has 2 aliphatic heterocycles. The SMILES string of the molecule is CN(C)C1CN(c2nc(N3CCN(C(=O)OC(C)(C)C)[C@@H](CC#N)C3)c3c(cc(Br)c4ccoc43)n2)C1. The number of halogens is 1. The predicted octanol–water partition coefficient (Wildman–Crippen LogP) is 4.23. The number of benzene rings is 1. The molecule has 1 aromatic carbocycles. The smallest absolute Gasteiger partial charge is 0.410 e. The van der Waals surface area contributed by atoms with Crippen molar-refractivity contribution in [3.05, 3.63) is 22.9 Å². The second-order valence-electron chi connectivity index (χ2n) is 10.9. The molecule has 0 bridgehead atoms. The normalized spacial score (nSPS) is 19.0. The van der Waals surface area contributed by atoms with Crippen LogP contribution in [0.1, 0.15) is 27.2 Å². The van der Waals surface area contributed by atoms with Crippen LogP contribution in [0, 0.1) is 11.3 Å². The van der Waals surface area contributed by atoms with E-state index in [4.69, 9.17) is 19.1 Å². The van der Waals surface area contributed by atoms with E-state index >= 15 is 0 Å². The Morgan fingerprint density at radius 3 is 2.68 bits per heavy atom. The molecule has 2 fully saturated rings. The zero-order valence-corrected chi connectivity index (χ0v) is 23.4. The summed E-state index contributed by atoms with van der Waals surface area (Å²) < 4.78 is 12.5. The molecule has 196 valence electrons. The van der Waals surface area contributed by atoms with Gasteiger partial charge < -0.3 is 28.8 Å². The van der Waals surface area contributed by atoms with Gasteiger partial charge in [0.15, 0.2) is 0 Å². The largest absolute Gasteiger partial charge is 0.463 e. The fraction of sp³-hybridized carbons (Fsp3) is 0.538. The Morgan fingerprint density at radius 2 is 2.00 bits per heavy atom. The number of likely N-dealkylation sites (N-methyl/N-ethyl adjacent to an activating group) is 1. The third kappa shape index (κ3) is 4.92. The molecule has 37 heavy (non-hydrogen) atoms. The molecule has 4 heterocycles. The van der Waals surface area contributed by atoms with Crippen LogP contribution in [-0.4, -0.2) is 90.4 Å². The summed E-state index contributed by atoms with van der Waals surface area (Å²) in [6.45, 7) is 8.67. The van der Waals surface area contributed by atoms with Gasteiger partial charge in [0.2, 0.25) is 5.95 Å². The molecule has 0 saturated carbocycles. The van der Waals surface area contributed by atoms with Crippen LogP contribution in [0.4, 0.5) is 16.6 Å². The van der Waals surface area contributed by atoms with Gasteiger partial charge in [0, 0.05) is 48.6 Å². The molecule has 3 aromatic rings. The van der Waals surface area contributed by atoms with Crippen molar-refractivity contribution in [2.24, 2.45) is 0 Å². The maximum atomic E-state index is 12.9. The Balaban J connectivity index is 1.54. The van der Waals surface area contributed by atoms with Crippen LogP contribution in [0.5, 0.6) is 0 Å². The summed E-state index contributed by atoms with van der Waals surface area (Å²) >= 11 is 3.67. The Morgan fingerprint density at radius 1 is 1.24 bits per heavy atom. The summed E-state index contributed by atoms with van der Waals surface area (Å²) in [6, 6.07) is 6.31. The zero-order valence-electron chi connectivity index (χ0n) is 21.9. The summed E-state index contributed by atoms with van der Waals surface area (Å²) in [5.74, 6) is 1.43. The summed E-state index contributed by atoms with van der Waals surface area (Å²) in [4.78, 5) is 31.1. The van der Waals surface area contributed by atoms with E-state index in [9.17, 15) is 10.1 Å². The monoisotopic (exact) mass is 569 g/mol. The number of rotatable bonds is 4. The topological polar surface area (TPSA) is 102 Å². The number of piperazine rings is 1. The van der Waals surface area contributed by atoms with E-state index in [1.165, 1.54) is 0 Å². The van der Waals surface area contributed by atoms with Gasteiger partial charge in [-0.15, -0.1) is 0 Å². The van der Waals surface area contributed by atoms with Crippen LogP contribution in [0.3, 0.4) is 0 Å². The van der Waals surface area contributed by atoms with Gasteiger partial charge in [0.25, 0.3) is 0 Å². The van der Waals surface area contributed by atoms with E-state index in [0.29, 0.717) is 37.2 Å². The number of fused-ring (bicyclic) bond motifs is 3. The lowest BCUT2D eigenvalue weighted by molar-refractivity contribution is 0.0145. The van der Waals surface area contributed by atoms with Gasteiger partial charge in [-0.3, -0.25) is 0 Å². The highest BCUT2D eigenvalue weighted by atomic mass is 79.9. The van der Waals surface area contributed by atoms with Crippen molar-refractivity contribution in [1.82, 2.24) is 19.8 Å². The molecule has 2 saturated heterocycles. The molecule has 0 unspecified atom stereocenters. The van der Waals surface area contributed by atoms with Crippen LogP contribution in [0.25, 0.3) is 21.9 Å². The Bertz CT molecular complexity index is 1370. The number of nitrogens with zero attached hydrogens (tertiary/aromatic N) is 7. The lowest BCUT2D eigenvalue weighted by Gasteiger charge is -2.44. The molecule has 0 aliphatic carbocycles. The molecule has 2 aliphatic rings. The number of aromatic nitrogens is 2. The number of hydrogen-bond donors (Lipinski definition) is 0. The molecular weight excluding hydrogens is 538 g/mol. The maximum Gasteiger partial charge on any atom is 0.410 e. The van der Waals surface area contributed by atoms with E-state index < -0.39 is 11.7 Å². The number of hydrogen-bond acceptors (Lipinski definition) is 9. The minimum absolute atomic E-state index is 0.198. The van der Waals surface area contributed by atoms with E-state index in [0.717, 1.165) is 39.7 Å². The Kier molecular flexibility index (Phi) is 6.66. The quantitative estimate of drug-likeness (QED) is 0.456. The highest BCUT2D eigenvalue weighted by molar-refractivity contribution is 9.10. The lowest BCUT2D eigenvalue weighted by atomic mass is 10.1. The molecule has 10 nitrogen and oxygen atoms in total. The highest BCUT2D eigenvalue weighted by Gasteiger charge is 2.36. The first-order valence-electron chi connectivity index (χ1n) is 12.5. The van der Waals surface area contributed by atoms with E-state index in [1.54, 1.807) is 11.2 Å². The van der Waals surface area contributed by atoms with Crippen LogP contribution in [0.15, 0.2) is 27.3 Å². The summed E-state index contributed by atoms with van der Waals surface area (Å²) in [6.07, 6.45) is 1.47. The molecule has 0 radical (unpaired) electrons. The molecule has 11 heteroatoms. The summed E-state index contributed by atoms with van der Waals surface area (Å²) in [5.41, 5.74) is 0.893. The zero-order chi connectivity index (χ0) is 26.5. The van der Waals surface area contributed by atoms with Crippen molar-refractivity contribution in [2.75, 3.05) is 56.6 Å². The molecule has 0 N–H and O–H groups in total. The number of nitriles is 1. The molecule has 1 atom stereocenters. The van der Waals surface area contributed by atoms with Crippen molar-refractivity contribution >= 4 is 55.7 Å². The average molecular weight is 570 g/mol. The van der Waals surface area contributed by atoms with Crippen LogP contribution >= 0.6 is 15.9 Å². The molecule has 5 rings (SSSR count). The minimum atomic E-state index is -0.608. The number of furan rings is 1. The van der Waals surface area contributed by atoms with Gasteiger partial charge in [-0.25, -0.2) is 9.78 Å². The van der Waals surface area contributed by atoms with Gasteiger partial charge in [-0.2, -0.15) is 10.2 Å². The minimum Gasteiger partial charge on any atom is -0.463 e. The third-order valence-electron chi connectivity index (χ3n) is 6.93.